The molecule has 0 aliphatic carbocycles. The van der Waals surface area contributed by atoms with Crippen molar-refractivity contribution < 1.29 is 382 Å². The van der Waals surface area contributed by atoms with Gasteiger partial charge >= 0.3 is 236 Å². The van der Waals surface area contributed by atoms with Gasteiger partial charge in [-0.1, -0.05) is 85.3 Å². The SMILES string of the molecule is CC(Nc1ccc(S(=O)(=O)c2ccc(NC(C(O)C(O)C(O)C(O)C=O)S(=O)(=O)[O-])cc2)cc1)S(=O)(=O)[O-].O=S(=O)(c1ccc(NC(CC(c2ccccc2)S(=O)(=O)[O-])S(=O)(=O)[O-])cc1)c1ccc(NC(CC(c2ccccc2)S(=O)(=O)[O-])S(=O)(=O)[O-])cc1.O=S(=O)(c1ccc(NCOS[O-])cc1)c1ccc(NCOS[O-])cc1.[Na+].[Na+].[Na+].[Na+].[Na+].[Na+].[Na+].[Na+]. The maximum absolute atomic E-state index is 13.3. The van der Waals surface area contributed by atoms with Crippen molar-refractivity contribution in [3.63, 3.8) is 0 Å². The molecule has 39 nitrogen and oxygen atoms in total. The van der Waals surface area contributed by atoms with E-state index in [-0.39, 0.29) is 344 Å². The van der Waals surface area contributed by atoms with Crippen LogP contribution in [-0.4, -0.2) is 198 Å². The quantitative estimate of drug-likeness (QED) is 0.00427. The van der Waals surface area contributed by atoms with Gasteiger partial charge in [-0.05, 0) is 164 Å². The molecule has 0 aromatic heterocycles. The fourth-order valence-corrected chi connectivity index (χ4v) is 18.6. The molecule has 10 N–H and O–H groups in total. The van der Waals surface area contributed by atoms with E-state index in [1.807, 2.05) is 0 Å². The largest absolute Gasteiger partial charge is 1.00 e. The molecule has 10 unspecified atom stereocenters. The van der Waals surface area contributed by atoms with E-state index >= 15 is 0 Å². The second kappa shape index (κ2) is 56.8. The summed E-state index contributed by atoms with van der Waals surface area (Å²) in [6.45, 7) is 1.15. The summed E-state index contributed by atoms with van der Waals surface area (Å²) in [6.07, 6.45) is -11.5. The average molecular weight is 1980 g/mol. The zero-order valence-electron chi connectivity index (χ0n) is 65.9. The molecule has 8 rings (SSSR count). The van der Waals surface area contributed by atoms with Crippen molar-refractivity contribution in [2.45, 2.75) is 106 Å². The molecule has 0 spiro atoms. The standard InChI is InChI=1S/C30H32N2O14S5.C20H26N2O13S3.C14H16N2O6S3.8Na/c33-47(34,25-15-11-23(12-16-25)31-29(50(41,42)43)19-27(48(35,36)37)21-7-3-1-4-8-21)26-17-13-24(14-18-26)32-30(51(44,45)46)20-28(49(38,39)40)22-9-5-2-6-10-22;1-11(37(30,31)32)21-12-2-6-14(7-3-12)36(28,29)15-8-4-13(5-9-15)22-20(38(33,34)35)19(27)18(26)17(25)16(24)10-23;17-23-21-9-15-11-1-5-13(6-2-11)25(19,20)14-7-3-12(4-8-14)16-10-22-24-18;;;;;;;;/h1-18,27-32H,19-20H2,(H,35,36,37)(H,38,39,40)(H,41,42,43)(H,44,45,46);2-11,16-22,24-27H,1H3,(H,30,31,32)(H,33,34,35);1-8,15-18H,9-10H2;;;;;;;;/q;;;8*+1/p-8. The van der Waals surface area contributed by atoms with E-state index in [0.29, 0.717) is 11.4 Å². The third kappa shape index (κ3) is 39.2. The van der Waals surface area contributed by atoms with Gasteiger partial charge in [0.15, 0.2) is 6.29 Å². The number of aliphatic hydroxyl groups is 4. The Morgan fingerprint density at radius 2 is 0.582 bits per heavy atom. The second-order valence-electron chi connectivity index (χ2n) is 23.6. The molecule has 122 heavy (non-hydrogen) atoms. The summed E-state index contributed by atoms with van der Waals surface area (Å²) in [6, 6.07) is 43.5. The maximum atomic E-state index is 13.3. The van der Waals surface area contributed by atoms with Gasteiger partial charge in [-0.25, -0.2) is 75.8 Å². The Labute approximate surface area is 891 Å². The van der Waals surface area contributed by atoms with E-state index in [1.165, 1.54) is 97.1 Å². The molecule has 624 valence electrons. The van der Waals surface area contributed by atoms with Crippen LogP contribution in [0, 0.1) is 0 Å². The van der Waals surface area contributed by atoms with Crippen LogP contribution in [0.2, 0.25) is 0 Å². The summed E-state index contributed by atoms with van der Waals surface area (Å²) >= 11 is -0.0105. The zero-order valence-corrected chi connectivity index (χ0v) is 90.9. The van der Waals surface area contributed by atoms with E-state index in [4.69, 9.17) is 0 Å². The monoisotopic (exact) mass is 1980 g/mol. The Morgan fingerprint density at radius 3 is 0.811 bits per heavy atom. The maximum Gasteiger partial charge on any atom is 1.00 e. The minimum Gasteiger partial charge on any atom is -0.776 e. The molecule has 0 amide bonds. The van der Waals surface area contributed by atoms with Gasteiger partial charge in [-0.3, -0.25) is 0 Å². The molecule has 0 heterocycles. The number of rotatable bonds is 39. The van der Waals surface area contributed by atoms with Crippen LogP contribution in [0.25, 0.3) is 0 Å². The van der Waals surface area contributed by atoms with Crippen molar-refractivity contribution in [2.75, 3.05) is 45.4 Å². The summed E-state index contributed by atoms with van der Waals surface area (Å²) < 4.78 is 319. The Bertz CT molecular complexity index is 5420. The number of aldehydes is 1. The first kappa shape index (κ1) is 126. The van der Waals surface area contributed by atoms with Gasteiger partial charge in [0.2, 0.25) is 29.5 Å². The van der Waals surface area contributed by atoms with Crippen molar-refractivity contribution in [1.29, 1.82) is 0 Å². The zero-order chi connectivity index (χ0) is 85.0. The van der Waals surface area contributed by atoms with Gasteiger partial charge in [0.25, 0.3) is 0 Å². The van der Waals surface area contributed by atoms with Crippen LogP contribution in [0.1, 0.15) is 41.4 Å². The number of hydrogen-bond donors (Lipinski definition) is 10. The van der Waals surface area contributed by atoms with Crippen molar-refractivity contribution in [1.82, 2.24) is 0 Å². The molecule has 8 aromatic carbocycles. The van der Waals surface area contributed by atoms with Gasteiger partial charge in [0.05, 0.1) is 39.9 Å². The molecule has 58 heteroatoms. The van der Waals surface area contributed by atoms with Crippen LogP contribution in [0.15, 0.2) is 236 Å². The van der Waals surface area contributed by atoms with Crippen molar-refractivity contribution in [3.05, 3.63) is 217 Å². The summed E-state index contributed by atoms with van der Waals surface area (Å²) in [5.74, 6) is 0. The van der Waals surface area contributed by atoms with E-state index in [9.17, 15) is 137 Å². The molecule has 0 saturated carbocycles. The van der Waals surface area contributed by atoms with Crippen molar-refractivity contribution in [3.8, 4) is 0 Å². The number of hydrogen-bond acceptors (Lipinski definition) is 41. The minimum absolute atomic E-state index is 0. The van der Waals surface area contributed by atoms with Crippen LogP contribution < -0.4 is 268 Å². The predicted octanol–water partition coefficient (Wildman–Crippen LogP) is -20.9. The smallest absolute Gasteiger partial charge is 0.776 e. The van der Waals surface area contributed by atoms with Gasteiger partial charge in [0, 0.05) is 47.0 Å². The number of benzene rings is 8. The second-order valence-corrected chi connectivity index (χ2v) is 39.6. The average Bonchev–Trinajstić information content (AvgIpc) is 0.802. The van der Waals surface area contributed by atoms with E-state index in [2.05, 4.69) is 40.3 Å². The molecule has 0 radical (unpaired) electrons. The fraction of sp³-hybridized carbons (Fsp3) is 0.234. The molecule has 0 aliphatic heterocycles. The summed E-state index contributed by atoms with van der Waals surface area (Å²) in [4.78, 5) is 9.68. The van der Waals surface area contributed by atoms with Gasteiger partial charge < -0.3 is 102 Å². The summed E-state index contributed by atoms with van der Waals surface area (Å²) in [5.41, 5.74) is 0.931. The summed E-state index contributed by atoms with van der Waals surface area (Å²) in [7, 11) is -42.9. The third-order valence-corrected chi connectivity index (χ3v) is 28.0. The Kier molecular flexibility index (Phi) is 58.7. The Balaban J connectivity index is -0.00000178. The molecular formula is C64H66N6Na8O33S11. The Morgan fingerprint density at radius 1 is 0.328 bits per heavy atom. The molecule has 0 aliphatic rings. The van der Waals surface area contributed by atoms with Gasteiger partial charge in [-0.15, -0.1) is 0 Å². The van der Waals surface area contributed by atoms with Crippen LogP contribution in [-0.2, 0) is 103 Å². The van der Waals surface area contributed by atoms with Crippen molar-refractivity contribution >= 4 is 155 Å². The molecule has 0 fully saturated rings. The molecule has 0 saturated heterocycles. The predicted molar refractivity (Wildman–Crippen MR) is 402 cm³/mol. The van der Waals surface area contributed by atoms with Crippen molar-refractivity contribution in [2.24, 2.45) is 0 Å². The molecule has 10 atom stereocenters. The number of carbonyl (C=O) groups excluding carboxylic acids is 1. The number of carbonyl (C=O) groups is 1. The Hall–Kier alpha value is -0.0800. The molecule has 0 bridgehead atoms. The topological polar surface area (TPSA) is 680 Å². The number of aliphatic hydroxyl groups excluding tert-OH is 4. The number of sulfone groups is 3. The third-order valence-electron chi connectivity index (χ3n) is 15.9. The minimum atomic E-state index is -5.41. The number of anilines is 6. The molecular weight excluding hydrogens is 1920 g/mol. The van der Waals surface area contributed by atoms with Crippen LogP contribution >= 0.6 is 24.6 Å². The normalized spacial score (nSPS) is 14.1. The van der Waals surface area contributed by atoms with E-state index in [1.54, 1.807) is 24.3 Å². The fourth-order valence-electron chi connectivity index (χ4n) is 10.0. The number of nitrogens with one attached hydrogen (secondary N) is 6. The first-order valence-electron chi connectivity index (χ1n) is 31.7. The van der Waals surface area contributed by atoms with Crippen LogP contribution in [0.4, 0.5) is 34.1 Å². The van der Waals surface area contributed by atoms with Crippen LogP contribution in [0.3, 0.4) is 0 Å². The van der Waals surface area contributed by atoms with Crippen LogP contribution in [0.5, 0.6) is 0 Å². The van der Waals surface area contributed by atoms with Gasteiger partial charge in [0.1, 0.15) is 120 Å². The first-order chi connectivity index (χ1) is 53.0. The van der Waals surface area contributed by atoms with Gasteiger partial charge in [-0.2, -0.15) is 0 Å². The first-order valence-corrected chi connectivity index (χ1v) is 46.3. The van der Waals surface area contributed by atoms with E-state index < -0.39 is 159 Å². The molecule has 8 aromatic rings. The summed E-state index contributed by atoms with van der Waals surface area (Å²) in [5, 5.41) is 41.8. The van der Waals surface area contributed by atoms with E-state index in [0.717, 1.165) is 91.9 Å².